The van der Waals surface area contributed by atoms with Gasteiger partial charge in [0.15, 0.2) is 5.11 Å². The molecule has 2 aromatic rings. The average molecular weight is 438 g/mol. The van der Waals surface area contributed by atoms with Crippen LogP contribution in [0.3, 0.4) is 0 Å². The molecule has 0 aliphatic carbocycles. The van der Waals surface area contributed by atoms with Crippen LogP contribution < -0.4 is 15.4 Å². The standard InChI is InChI=1S/C17H16BrN3O4S/c1-9-4-5-12(21(23)24)8-14(9)19-17(26)20-16(22)13-7-11(18)6-10(2)15(13)25-3/h4-8H,1-3H3,(H2,19,20,22,26). The van der Waals surface area contributed by atoms with Gasteiger partial charge >= 0.3 is 0 Å². The van der Waals surface area contributed by atoms with E-state index in [1.54, 1.807) is 19.1 Å². The van der Waals surface area contributed by atoms with Crippen LogP contribution in [-0.4, -0.2) is 23.1 Å². The first kappa shape index (κ1) is 19.8. The monoisotopic (exact) mass is 437 g/mol. The number of nitro groups is 1. The molecule has 9 heteroatoms. The molecule has 0 heterocycles. The highest BCUT2D eigenvalue weighted by atomic mass is 79.9. The summed E-state index contributed by atoms with van der Waals surface area (Å²) in [7, 11) is 1.48. The predicted octanol–water partition coefficient (Wildman–Crippen LogP) is 4.11. The van der Waals surface area contributed by atoms with Crippen molar-refractivity contribution in [3.05, 3.63) is 61.6 Å². The van der Waals surface area contributed by atoms with E-state index in [2.05, 4.69) is 26.6 Å². The van der Waals surface area contributed by atoms with Gasteiger partial charge < -0.3 is 10.1 Å². The van der Waals surface area contributed by atoms with Gasteiger partial charge in [-0.05, 0) is 49.3 Å². The van der Waals surface area contributed by atoms with Crippen molar-refractivity contribution in [1.82, 2.24) is 5.32 Å². The normalized spacial score (nSPS) is 10.2. The average Bonchev–Trinajstić information content (AvgIpc) is 2.55. The molecule has 0 aliphatic rings. The Bertz CT molecular complexity index is 902. The van der Waals surface area contributed by atoms with E-state index in [1.807, 2.05) is 13.0 Å². The van der Waals surface area contributed by atoms with Crippen molar-refractivity contribution in [2.24, 2.45) is 0 Å². The lowest BCUT2D eigenvalue weighted by atomic mass is 10.1. The van der Waals surface area contributed by atoms with Crippen LogP contribution in [0.2, 0.25) is 0 Å². The van der Waals surface area contributed by atoms with E-state index in [0.29, 0.717) is 17.0 Å². The third-order valence-corrected chi connectivity index (χ3v) is 4.26. The minimum absolute atomic E-state index is 0.0262. The van der Waals surface area contributed by atoms with Gasteiger partial charge in [-0.3, -0.25) is 20.2 Å². The van der Waals surface area contributed by atoms with Crippen molar-refractivity contribution in [1.29, 1.82) is 0 Å². The molecule has 2 N–H and O–H groups in total. The van der Waals surface area contributed by atoms with E-state index in [0.717, 1.165) is 15.6 Å². The number of amides is 1. The van der Waals surface area contributed by atoms with Gasteiger partial charge in [-0.1, -0.05) is 22.0 Å². The van der Waals surface area contributed by atoms with Crippen molar-refractivity contribution in [3.63, 3.8) is 0 Å². The van der Waals surface area contributed by atoms with Gasteiger partial charge in [0.25, 0.3) is 11.6 Å². The minimum atomic E-state index is -0.499. The fourth-order valence-corrected chi connectivity index (χ4v) is 3.13. The van der Waals surface area contributed by atoms with Crippen molar-refractivity contribution in [3.8, 4) is 5.75 Å². The highest BCUT2D eigenvalue weighted by Gasteiger charge is 2.17. The molecular formula is C17H16BrN3O4S. The molecule has 0 saturated carbocycles. The number of hydrogen-bond acceptors (Lipinski definition) is 5. The summed E-state index contributed by atoms with van der Waals surface area (Å²) in [4.78, 5) is 22.9. The predicted molar refractivity (Wildman–Crippen MR) is 107 cm³/mol. The van der Waals surface area contributed by atoms with E-state index in [9.17, 15) is 14.9 Å². The lowest BCUT2D eigenvalue weighted by Crippen LogP contribution is -2.34. The van der Waals surface area contributed by atoms with Gasteiger partial charge in [0.05, 0.1) is 17.6 Å². The Hall–Kier alpha value is -2.52. The molecule has 0 bridgehead atoms. The first-order chi connectivity index (χ1) is 12.2. The van der Waals surface area contributed by atoms with E-state index in [-0.39, 0.29) is 10.8 Å². The summed E-state index contributed by atoms with van der Waals surface area (Å²) < 4.78 is 6.02. The number of methoxy groups -OCH3 is 1. The summed E-state index contributed by atoms with van der Waals surface area (Å²) in [6.45, 7) is 3.60. The highest BCUT2D eigenvalue weighted by molar-refractivity contribution is 9.10. The summed E-state index contributed by atoms with van der Waals surface area (Å²) in [6.07, 6.45) is 0. The fraction of sp³-hybridized carbons (Fsp3) is 0.176. The molecule has 0 saturated heterocycles. The van der Waals surface area contributed by atoms with Gasteiger partial charge in [0, 0.05) is 22.3 Å². The molecule has 2 rings (SSSR count). The van der Waals surface area contributed by atoms with Gasteiger partial charge in [-0.2, -0.15) is 0 Å². The third kappa shape index (κ3) is 4.55. The van der Waals surface area contributed by atoms with Gasteiger partial charge in [0.1, 0.15) is 5.75 Å². The SMILES string of the molecule is COc1c(C)cc(Br)cc1C(=O)NC(=S)Nc1cc([N+](=O)[O-])ccc1C. The number of nitrogens with zero attached hydrogens (tertiary/aromatic N) is 1. The number of hydrogen-bond donors (Lipinski definition) is 2. The quantitative estimate of drug-likeness (QED) is 0.424. The Morgan fingerprint density at radius 1 is 1.23 bits per heavy atom. The molecule has 0 radical (unpaired) electrons. The van der Waals surface area contributed by atoms with E-state index in [4.69, 9.17) is 17.0 Å². The molecule has 0 aliphatic heterocycles. The minimum Gasteiger partial charge on any atom is -0.496 e. The second-order valence-electron chi connectivity index (χ2n) is 5.47. The summed E-state index contributed by atoms with van der Waals surface area (Å²) in [6, 6.07) is 7.82. The highest BCUT2D eigenvalue weighted by Crippen LogP contribution is 2.28. The summed E-state index contributed by atoms with van der Waals surface area (Å²) in [5.41, 5.74) is 2.24. The Kier molecular flexibility index (Phi) is 6.27. The number of nitro benzene ring substituents is 1. The van der Waals surface area contributed by atoms with Crippen LogP contribution in [0.5, 0.6) is 5.75 Å². The lowest BCUT2D eigenvalue weighted by molar-refractivity contribution is -0.384. The number of anilines is 1. The van der Waals surface area contributed by atoms with Crippen molar-refractivity contribution >= 4 is 50.5 Å². The Labute approximate surface area is 164 Å². The van der Waals surface area contributed by atoms with Gasteiger partial charge in [-0.15, -0.1) is 0 Å². The molecule has 0 aromatic heterocycles. The lowest BCUT2D eigenvalue weighted by Gasteiger charge is -2.14. The molecule has 26 heavy (non-hydrogen) atoms. The number of benzene rings is 2. The molecule has 0 unspecified atom stereocenters. The Morgan fingerprint density at radius 2 is 1.92 bits per heavy atom. The van der Waals surface area contributed by atoms with Crippen molar-refractivity contribution < 1.29 is 14.5 Å². The molecule has 0 fully saturated rings. The number of carbonyl (C=O) groups excluding carboxylic acids is 1. The number of carbonyl (C=O) groups is 1. The van der Waals surface area contributed by atoms with Crippen LogP contribution in [-0.2, 0) is 0 Å². The molecule has 1 amide bonds. The summed E-state index contributed by atoms with van der Waals surface area (Å²) in [5.74, 6) is -0.00753. The van der Waals surface area contributed by atoms with Crippen molar-refractivity contribution in [2.45, 2.75) is 13.8 Å². The summed E-state index contributed by atoms with van der Waals surface area (Å²) >= 11 is 8.51. The van der Waals surface area contributed by atoms with Crippen LogP contribution in [0.4, 0.5) is 11.4 Å². The molecule has 7 nitrogen and oxygen atoms in total. The third-order valence-electron chi connectivity index (χ3n) is 3.60. The van der Waals surface area contributed by atoms with Gasteiger partial charge in [-0.25, -0.2) is 0 Å². The first-order valence-electron chi connectivity index (χ1n) is 7.44. The Morgan fingerprint density at radius 3 is 2.54 bits per heavy atom. The molecule has 136 valence electrons. The number of non-ortho nitro benzene ring substituents is 1. The second-order valence-corrected chi connectivity index (χ2v) is 6.79. The molecule has 2 aromatic carbocycles. The van der Waals surface area contributed by atoms with Crippen LogP contribution >= 0.6 is 28.1 Å². The number of aryl methyl sites for hydroxylation is 2. The molecular weight excluding hydrogens is 422 g/mol. The van der Waals surface area contributed by atoms with Crippen LogP contribution in [0.25, 0.3) is 0 Å². The van der Waals surface area contributed by atoms with E-state index >= 15 is 0 Å². The second kappa shape index (κ2) is 8.24. The maximum absolute atomic E-state index is 12.5. The first-order valence-corrected chi connectivity index (χ1v) is 8.64. The van der Waals surface area contributed by atoms with Crippen LogP contribution in [0.15, 0.2) is 34.8 Å². The topological polar surface area (TPSA) is 93.5 Å². The van der Waals surface area contributed by atoms with Crippen LogP contribution in [0.1, 0.15) is 21.5 Å². The maximum Gasteiger partial charge on any atom is 0.271 e. The zero-order chi connectivity index (χ0) is 19.4. The number of rotatable bonds is 4. The number of nitrogens with one attached hydrogen (secondary N) is 2. The molecule has 0 spiro atoms. The van der Waals surface area contributed by atoms with Crippen molar-refractivity contribution in [2.75, 3.05) is 12.4 Å². The number of thiocarbonyl (C=S) groups is 1. The number of ether oxygens (including phenoxy) is 1. The number of halogens is 1. The van der Waals surface area contributed by atoms with E-state index < -0.39 is 10.8 Å². The Balaban J connectivity index is 2.20. The van der Waals surface area contributed by atoms with Crippen LogP contribution in [0, 0.1) is 24.0 Å². The van der Waals surface area contributed by atoms with Gasteiger partial charge in [0.2, 0.25) is 0 Å². The smallest absolute Gasteiger partial charge is 0.271 e. The summed E-state index contributed by atoms with van der Waals surface area (Å²) in [5, 5.41) is 16.3. The largest absolute Gasteiger partial charge is 0.496 e. The maximum atomic E-state index is 12.5. The zero-order valence-electron chi connectivity index (χ0n) is 14.3. The zero-order valence-corrected chi connectivity index (χ0v) is 16.7. The van der Waals surface area contributed by atoms with E-state index in [1.165, 1.54) is 19.2 Å². The molecule has 0 atom stereocenters. The fourth-order valence-electron chi connectivity index (χ4n) is 2.35.